The van der Waals surface area contributed by atoms with E-state index in [4.69, 9.17) is 4.74 Å². The molecule has 0 saturated carbocycles. The van der Waals surface area contributed by atoms with E-state index < -0.39 is 6.04 Å². The molecule has 2 heterocycles. The first kappa shape index (κ1) is 19.5. The third kappa shape index (κ3) is 4.95. The minimum atomic E-state index is -0.421. The van der Waals surface area contributed by atoms with Crippen molar-refractivity contribution in [3.05, 3.63) is 60.2 Å². The molecule has 2 aromatic rings. The van der Waals surface area contributed by atoms with Crippen LogP contribution in [0.3, 0.4) is 0 Å². The average molecular weight is 393 g/mol. The quantitative estimate of drug-likeness (QED) is 0.820. The van der Waals surface area contributed by atoms with Gasteiger partial charge < -0.3 is 15.0 Å². The minimum absolute atomic E-state index is 0.0551. The number of benzene rings is 2. The second-order valence-electron chi connectivity index (χ2n) is 7.63. The molecule has 29 heavy (non-hydrogen) atoms. The molecule has 1 atom stereocenters. The highest BCUT2D eigenvalue weighted by Gasteiger charge is 2.33. The Hall–Kier alpha value is -2.86. The van der Waals surface area contributed by atoms with E-state index in [2.05, 4.69) is 10.2 Å². The van der Waals surface area contributed by atoms with Gasteiger partial charge in [0.05, 0.1) is 12.5 Å². The largest absolute Gasteiger partial charge is 0.457 e. The zero-order valence-corrected chi connectivity index (χ0v) is 16.5. The van der Waals surface area contributed by atoms with Crippen molar-refractivity contribution in [2.45, 2.75) is 31.8 Å². The molecule has 152 valence electrons. The Morgan fingerprint density at radius 2 is 1.76 bits per heavy atom. The van der Waals surface area contributed by atoms with Gasteiger partial charge in [-0.2, -0.15) is 0 Å². The lowest BCUT2D eigenvalue weighted by Gasteiger charge is -2.35. The van der Waals surface area contributed by atoms with E-state index in [9.17, 15) is 9.59 Å². The van der Waals surface area contributed by atoms with Crippen LogP contribution in [0, 0.1) is 0 Å². The fraction of sp³-hybridized carbons (Fsp3) is 0.391. The maximum Gasteiger partial charge on any atom is 0.237 e. The number of nitrogens with one attached hydrogen (secondary N) is 1. The molecular weight excluding hydrogens is 366 g/mol. The average Bonchev–Trinajstić information content (AvgIpc) is 3.27. The van der Waals surface area contributed by atoms with Gasteiger partial charge in [0.1, 0.15) is 11.5 Å². The summed E-state index contributed by atoms with van der Waals surface area (Å²) in [4.78, 5) is 29.1. The molecule has 1 unspecified atom stereocenters. The molecular formula is C23H27N3O3. The Bertz CT molecular complexity index is 849. The second-order valence-corrected chi connectivity index (χ2v) is 7.63. The van der Waals surface area contributed by atoms with Crippen LogP contribution in [0.5, 0.6) is 11.5 Å². The summed E-state index contributed by atoms with van der Waals surface area (Å²) in [5, 5.41) is 2.91. The van der Waals surface area contributed by atoms with Crippen LogP contribution in [-0.2, 0) is 16.1 Å². The number of ether oxygens (including phenoxy) is 1. The normalized spacial score (nSPS) is 19.8. The smallest absolute Gasteiger partial charge is 0.237 e. The summed E-state index contributed by atoms with van der Waals surface area (Å²) in [6, 6.07) is 17.2. The van der Waals surface area contributed by atoms with Gasteiger partial charge in [-0.25, -0.2) is 0 Å². The van der Waals surface area contributed by atoms with Gasteiger partial charge in [0.2, 0.25) is 11.8 Å². The number of amides is 2. The first-order chi connectivity index (χ1) is 14.2. The Morgan fingerprint density at radius 3 is 2.55 bits per heavy atom. The minimum Gasteiger partial charge on any atom is -0.457 e. The van der Waals surface area contributed by atoms with Crippen LogP contribution >= 0.6 is 0 Å². The summed E-state index contributed by atoms with van der Waals surface area (Å²) in [5.41, 5.74) is 1.06. The van der Waals surface area contributed by atoms with Gasteiger partial charge in [-0.1, -0.05) is 30.3 Å². The maximum atomic E-state index is 12.6. The second kappa shape index (κ2) is 9.09. The molecule has 2 saturated heterocycles. The molecule has 0 aliphatic carbocycles. The number of para-hydroxylation sites is 1. The van der Waals surface area contributed by atoms with Crippen LogP contribution in [0.2, 0.25) is 0 Å². The molecule has 2 aliphatic rings. The SMILES string of the molecule is O=C1NCCN(Cc2cccc(Oc3ccccc3)c2)C1CC(=O)N1CCCC1. The lowest BCUT2D eigenvalue weighted by Crippen LogP contribution is -2.56. The number of nitrogens with zero attached hydrogens (tertiary/aromatic N) is 2. The summed E-state index contributed by atoms with van der Waals surface area (Å²) >= 11 is 0. The number of hydrogen-bond donors (Lipinski definition) is 1. The lowest BCUT2D eigenvalue weighted by atomic mass is 10.1. The van der Waals surface area contributed by atoms with Gasteiger partial charge in [0.25, 0.3) is 0 Å². The van der Waals surface area contributed by atoms with Crippen molar-refractivity contribution in [3.8, 4) is 11.5 Å². The summed E-state index contributed by atoms with van der Waals surface area (Å²) in [7, 11) is 0. The number of hydrogen-bond acceptors (Lipinski definition) is 4. The topological polar surface area (TPSA) is 61.9 Å². The first-order valence-electron chi connectivity index (χ1n) is 10.3. The van der Waals surface area contributed by atoms with Crippen LogP contribution < -0.4 is 10.1 Å². The molecule has 0 bridgehead atoms. The lowest BCUT2D eigenvalue weighted by molar-refractivity contribution is -0.138. The van der Waals surface area contributed by atoms with Crippen molar-refractivity contribution in [2.75, 3.05) is 26.2 Å². The predicted molar refractivity (Wildman–Crippen MR) is 111 cm³/mol. The Kier molecular flexibility index (Phi) is 6.10. The molecule has 2 aliphatic heterocycles. The van der Waals surface area contributed by atoms with Gasteiger partial charge in [0, 0.05) is 32.7 Å². The molecule has 6 heteroatoms. The number of piperazine rings is 1. The van der Waals surface area contributed by atoms with E-state index in [1.165, 1.54) is 0 Å². The summed E-state index contributed by atoms with van der Waals surface area (Å²) in [6.07, 6.45) is 2.35. The van der Waals surface area contributed by atoms with Crippen LogP contribution in [0.4, 0.5) is 0 Å². The highest BCUT2D eigenvalue weighted by molar-refractivity contribution is 5.89. The highest BCUT2D eigenvalue weighted by Crippen LogP contribution is 2.23. The zero-order valence-electron chi connectivity index (χ0n) is 16.5. The van der Waals surface area contributed by atoms with Crippen LogP contribution in [-0.4, -0.2) is 53.8 Å². The van der Waals surface area contributed by atoms with E-state index in [1.54, 1.807) is 0 Å². The van der Waals surface area contributed by atoms with E-state index in [-0.39, 0.29) is 18.2 Å². The van der Waals surface area contributed by atoms with Crippen molar-refractivity contribution >= 4 is 11.8 Å². The van der Waals surface area contributed by atoms with Gasteiger partial charge >= 0.3 is 0 Å². The Morgan fingerprint density at radius 1 is 1.00 bits per heavy atom. The standard InChI is InChI=1S/C23H27N3O3/c27-22(25-12-4-5-13-25)16-21-23(28)24-11-14-26(21)17-18-7-6-10-20(15-18)29-19-8-2-1-3-9-19/h1-3,6-10,15,21H,4-5,11-14,16-17H2,(H,24,28). The van der Waals surface area contributed by atoms with Crippen LogP contribution in [0.1, 0.15) is 24.8 Å². The first-order valence-corrected chi connectivity index (χ1v) is 10.3. The fourth-order valence-corrected chi connectivity index (χ4v) is 4.00. The summed E-state index contributed by atoms with van der Waals surface area (Å²) in [5.74, 6) is 1.58. The molecule has 6 nitrogen and oxygen atoms in total. The van der Waals surface area contributed by atoms with Crippen molar-refractivity contribution in [3.63, 3.8) is 0 Å². The van der Waals surface area contributed by atoms with Gasteiger partial charge in [-0.05, 0) is 42.7 Å². The van der Waals surface area contributed by atoms with Gasteiger partial charge in [0.15, 0.2) is 0 Å². The van der Waals surface area contributed by atoms with E-state index in [0.717, 1.165) is 49.5 Å². The highest BCUT2D eigenvalue weighted by atomic mass is 16.5. The molecule has 2 fully saturated rings. The molecule has 2 aromatic carbocycles. The zero-order chi connectivity index (χ0) is 20.1. The number of likely N-dealkylation sites (tertiary alicyclic amines) is 1. The van der Waals surface area contributed by atoms with Crippen molar-refractivity contribution in [2.24, 2.45) is 0 Å². The molecule has 0 spiro atoms. The van der Waals surface area contributed by atoms with Crippen molar-refractivity contribution < 1.29 is 14.3 Å². The molecule has 0 aromatic heterocycles. The molecule has 0 radical (unpaired) electrons. The number of carbonyl (C=O) groups is 2. The van der Waals surface area contributed by atoms with E-state index in [0.29, 0.717) is 13.1 Å². The number of carbonyl (C=O) groups excluding carboxylic acids is 2. The molecule has 2 amide bonds. The van der Waals surface area contributed by atoms with Gasteiger partial charge in [-0.15, -0.1) is 0 Å². The number of rotatable bonds is 6. The summed E-state index contributed by atoms with van der Waals surface area (Å²) < 4.78 is 5.93. The van der Waals surface area contributed by atoms with Crippen molar-refractivity contribution in [1.82, 2.24) is 15.1 Å². The third-order valence-electron chi connectivity index (χ3n) is 5.53. The van der Waals surface area contributed by atoms with Crippen LogP contribution in [0.25, 0.3) is 0 Å². The van der Waals surface area contributed by atoms with Crippen LogP contribution in [0.15, 0.2) is 54.6 Å². The Balaban J connectivity index is 1.44. The summed E-state index contributed by atoms with van der Waals surface area (Å²) in [6.45, 7) is 3.57. The maximum absolute atomic E-state index is 12.6. The fourth-order valence-electron chi connectivity index (χ4n) is 4.00. The monoisotopic (exact) mass is 393 g/mol. The Labute approximate surface area is 171 Å². The molecule has 1 N–H and O–H groups in total. The van der Waals surface area contributed by atoms with Crippen molar-refractivity contribution in [1.29, 1.82) is 0 Å². The van der Waals surface area contributed by atoms with E-state index >= 15 is 0 Å². The predicted octanol–water partition coefficient (Wildman–Crippen LogP) is 2.79. The third-order valence-corrected chi connectivity index (χ3v) is 5.53. The molecule has 4 rings (SSSR count). The van der Waals surface area contributed by atoms with E-state index in [1.807, 2.05) is 59.5 Å². The van der Waals surface area contributed by atoms with Gasteiger partial charge in [-0.3, -0.25) is 14.5 Å².